The Morgan fingerprint density at radius 1 is 1.22 bits per heavy atom. The summed E-state index contributed by atoms with van der Waals surface area (Å²) in [6.07, 6.45) is 3.11. The van der Waals surface area contributed by atoms with Crippen LogP contribution in [0.2, 0.25) is 5.02 Å². The molecule has 0 radical (unpaired) electrons. The zero-order chi connectivity index (χ0) is 13.0. The fraction of sp³-hybridized carbons (Fsp3) is 0. The van der Waals surface area contributed by atoms with E-state index < -0.39 is 5.97 Å². The number of pyridine rings is 1. The van der Waals surface area contributed by atoms with Gasteiger partial charge < -0.3 is 5.11 Å². The van der Waals surface area contributed by atoms with Gasteiger partial charge in [-0.2, -0.15) is 0 Å². The Labute approximate surface area is 109 Å². The summed E-state index contributed by atoms with van der Waals surface area (Å²) in [6, 6.07) is 12.1. The molecule has 3 nitrogen and oxygen atoms in total. The highest BCUT2D eigenvalue weighted by Crippen LogP contribution is 2.18. The van der Waals surface area contributed by atoms with Gasteiger partial charge in [0.1, 0.15) is 0 Å². The standard InChI is InChI=1S/C14H10ClNO2/c15-11-5-3-4-10(8-11)9-12(14(17)18)13-6-1-2-7-16-13/h1-9H,(H,17,18)/b12-9+. The second-order valence-corrected chi connectivity index (χ2v) is 4.07. The van der Waals surface area contributed by atoms with E-state index >= 15 is 0 Å². The molecule has 0 amide bonds. The van der Waals surface area contributed by atoms with Gasteiger partial charge in [0.25, 0.3) is 0 Å². The summed E-state index contributed by atoms with van der Waals surface area (Å²) in [7, 11) is 0. The van der Waals surface area contributed by atoms with Gasteiger partial charge in [-0.1, -0.05) is 29.8 Å². The minimum Gasteiger partial charge on any atom is -0.478 e. The van der Waals surface area contributed by atoms with Gasteiger partial charge in [-0.3, -0.25) is 4.98 Å². The molecule has 4 heteroatoms. The maximum Gasteiger partial charge on any atom is 0.337 e. The predicted octanol–water partition coefficient (Wildman–Crippen LogP) is 3.36. The fourth-order valence-corrected chi connectivity index (χ4v) is 1.73. The number of halogens is 1. The number of rotatable bonds is 3. The molecule has 2 rings (SSSR count). The summed E-state index contributed by atoms with van der Waals surface area (Å²) < 4.78 is 0. The summed E-state index contributed by atoms with van der Waals surface area (Å²) in [5.74, 6) is -1.02. The van der Waals surface area contributed by atoms with Crippen LogP contribution in [-0.2, 0) is 4.79 Å². The van der Waals surface area contributed by atoms with Crippen LogP contribution in [0.15, 0.2) is 48.7 Å². The first-order valence-electron chi connectivity index (χ1n) is 5.29. The van der Waals surface area contributed by atoms with Gasteiger partial charge in [0, 0.05) is 11.2 Å². The molecular formula is C14H10ClNO2. The summed E-state index contributed by atoms with van der Waals surface area (Å²) in [5, 5.41) is 9.78. The molecule has 90 valence electrons. The Kier molecular flexibility index (Phi) is 3.75. The maximum atomic E-state index is 11.2. The Balaban J connectivity index is 2.46. The lowest BCUT2D eigenvalue weighted by Gasteiger charge is -2.02. The van der Waals surface area contributed by atoms with Crippen molar-refractivity contribution in [3.8, 4) is 0 Å². The maximum absolute atomic E-state index is 11.2. The lowest BCUT2D eigenvalue weighted by Crippen LogP contribution is -2.01. The highest BCUT2D eigenvalue weighted by Gasteiger charge is 2.11. The van der Waals surface area contributed by atoms with Gasteiger partial charge in [-0.25, -0.2) is 4.79 Å². The summed E-state index contributed by atoms with van der Waals surface area (Å²) in [5.41, 5.74) is 1.29. The first-order valence-corrected chi connectivity index (χ1v) is 5.66. The lowest BCUT2D eigenvalue weighted by molar-refractivity contribution is -0.130. The van der Waals surface area contributed by atoms with Crippen LogP contribution in [0.25, 0.3) is 11.6 Å². The third kappa shape index (κ3) is 2.96. The molecule has 18 heavy (non-hydrogen) atoms. The van der Waals surface area contributed by atoms with Gasteiger partial charge in [0.05, 0.1) is 11.3 Å². The van der Waals surface area contributed by atoms with E-state index in [2.05, 4.69) is 4.98 Å². The normalized spacial score (nSPS) is 11.3. The average molecular weight is 260 g/mol. The highest BCUT2D eigenvalue weighted by molar-refractivity contribution is 6.30. The molecule has 1 aromatic heterocycles. The molecule has 0 saturated heterocycles. The van der Waals surface area contributed by atoms with Crippen LogP contribution in [-0.4, -0.2) is 16.1 Å². The van der Waals surface area contributed by atoms with E-state index in [-0.39, 0.29) is 5.57 Å². The third-order valence-electron chi connectivity index (χ3n) is 2.33. The van der Waals surface area contributed by atoms with E-state index in [0.717, 1.165) is 5.56 Å². The van der Waals surface area contributed by atoms with Crippen LogP contribution in [0.4, 0.5) is 0 Å². The van der Waals surface area contributed by atoms with Gasteiger partial charge >= 0.3 is 5.97 Å². The van der Waals surface area contributed by atoms with E-state index in [9.17, 15) is 9.90 Å². The predicted molar refractivity (Wildman–Crippen MR) is 71.2 cm³/mol. The van der Waals surface area contributed by atoms with Crippen molar-refractivity contribution in [3.63, 3.8) is 0 Å². The van der Waals surface area contributed by atoms with Crippen LogP contribution >= 0.6 is 11.6 Å². The topological polar surface area (TPSA) is 50.2 Å². The molecule has 1 aromatic carbocycles. The van der Waals surface area contributed by atoms with Crippen LogP contribution < -0.4 is 0 Å². The minimum atomic E-state index is -1.02. The second kappa shape index (κ2) is 5.47. The van der Waals surface area contributed by atoms with Crippen molar-refractivity contribution in [1.29, 1.82) is 0 Å². The van der Waals surface area contributed by atoms with Crippen molar-refractivity contribution in [2.45, 2.75) is 0 Å². The Morgan fingerprint density at radius 2 is 2.06 bits per heavy atom. The monoisotopic (exact) mass is 259 g/mol. The van der Waals surface area contributed by atoms with Gasteiger partial charge in [-0.05, 0) is 35.9 Å². The zero-order valence-electron chi connectivity index (χ0n) is 9.38. The Morgan fingerprint density at radius 3 is 2.67 bits per heavy atom. The van der Waals surface area contributed by atoms with Crippen molar-refractivity contribution in [2.24, 2.45) is 0 Å². The van der Waals surface area contributed by atoms with Crippen molar-refractivity contribution >= 4 is 29.2 Å². The first kappa shape index (κ1) is 12.3. The number of hydrogen-bond acceptors (Lipinski definition) is 2. The number of carbonyl (C=O) groups is 1. The molecule has 2 aromatic rings. The molecule has 1 N–H and O–H groups in total. The highest BCUT2D eigenvalue weighted by atomic mass is 35.5. The molecule has 0 aliphatic heterocycles. The lowest BCUT2D eigenvalue weighted by atomic mass is 10.1. The third-order valence-corrected chi connectivity index (χ3v) is 2.57. The van der Waals surface area contributed by atoms with Crippen LogP contribution in [0, 0.1) is 0 Å². The smallest absolute Gasteiger partial charge is 0.337 e. The van der Waals surface area contributed by atoms with E-state index in [1.807, 2.05) is 0 Å². The van der Waals surface area contributed by atoms with E-state index in [4.69, 9.17) is 11.6 Å². The molecule has 0 aliphatic carbocycles. The summed E-state index contributed by atoms with van der Waals surface area (Å²) >= 11 is 5.86. The van der Waals surface area contributed by atoms with Crippen LogP contribution in [0.5, 0.6) is 0 Å². The van der Waals surface area contributed by atoms with Gasteiger partial charge in [0.2, 0.25) is 0 Å². The number of carboxylic acid groups (broad SMARTS) is 1. The van der Waals surface area contributed by atoms with Gasteiger partial charge in [0.15, 0.2) is 0 Å². The SMILES string of the molecule is O=C(O)/C(=C/c1cccc(Cl)c1)c1ccccn1. The second-order valence-electron chi connectivity index (χ2n) is 3.63. The molecule has 0 spiro atoms. The van der Waals surface area contributed by atoms with Crippen molar-refractivity contribution in [3.05, 3.63) is 64.9 Å². The molecule has 0 aliphatic rings. The number of carboxylic acids is 1. The minimum absolute atomic E-state index is 0.137. The number of nitrogens with zero attached hydrogens (tertiary/aromatic N) is 1. The summed E-state index contributed by atoms with van der Waals surface area (Å²) in [6.45, 7) is 0. The van der Waals surface area contributed by atoms with Gasteiger partial charge in [-0.15, -0.1) is 0 Å². The Bertz CT molecular complexity index is 594. The molecule has 0 saturated carbocycles. The van der Waals surface area contributed by atoms with Crippen molar-refractivity contribution < 1.29 is 9.90 Å². The van der Waals surface area contributed by atoms with E-state index in [0.29, 0.717) is 10.7 Å². The molecule has 1 heterocycles. The molecule has 0 bridgehead atoms. The number of benzene rings is 1. The van der Waals surface area contributed by atoms with E-state index in [1.165, 1.54) is 0 Å². The Hall–Kier alpha value is -2.13. The number of hydrogen-bond donors (Lipinski definition) is 1. The quantitative estimate of drug-likeness (QED) is 0.860. The van der Waals surface area contributed by atoms with Crippen molar-refractivity contribution in [1.82, 2.24) is 4.98 Å². The largest absolute Gasteiger partial charge is 0.478 e. The summed E-state index contributed by atoms with van der Waals surface area (Å²) in [4.78, 5) is 15.3. The van der Waals surface area contributed by atoms with E-state index in [1.54, 1.807) is 54.7 Å². The van der Waals surface area contributed by atoms with Crippen LogP contribution in [0.3, 0.4) is 0 Å². The molecule has 0 unspecified atom stereocenters. The molecule has 0 fully saturated rings. The first-order chi connectivity index (χ1) is 8.66. The zero-order valence-corrected chi connectivity index (χ0v) is 10.1. The van der Waals surface area contributed by atoms with Crippen LogP contribution in [0.1, 0.15) is 11.3 Å². The fourth-order valence-electron chi connectivity index (χ4n) is 1.53. The number of aliphatic carboxylic acids is 1. The number of aromatic nitrogens is 1. The molecule has 0 atom stereocenters. The van der Waals surface area contributed by atoms with Crippen molar-refractivity contribution in [2.75, 3.05) is 0 Å². The average Bonchev–Trinajstić information content (AvgIpc) is 2.37. The molecular weight excluding hydrogens is 250 g/mol.